The van der Waals surface area contributed by atoms with Gasteiger partial charge in [0.1, 0.15) is 0 Å². The van der Waals surface area contributed by atoms with E-state index >= 15 is 0 Å². The van der Waals surface area contributed by atoms with Gasteiger partial charge in [0.15, 0.2) is 0 Å². The summed E-state index contributed by atoms with van der Waals surface area (Å²) in [4.78, 5) is 11.7. The number of carbonyl (C=O) groups is 1. The Balaban J connectivity index is 2.41. The minimum atomic E-state index is -0.123. The molecule has 0 bridgehead atoms. The van der Waals surface area contributed by atoms with Gasteiger partial charge in [-0.05, 0) is 25.2 Å². The fraction of sp³-hybridized carbons (Fsp3) is 0.769. The molecular weight excluding hydrogens is 200 g/mol. The minimum absolute atomic E-state index is 0.0580. The summed E-state index contributed by atoms with van der Waals surface area (Å²) >= 11 is 0. The summed E-state index contributed by atoms with van der Waals surface area (Å²) in [5.41, 5.74) is 0.312. The molecule has 1 aliphatic carbocycles. The molecule has 1 amide bonds. The van der Waals surface area contributed by atoms with Gasteiger partial charge >= 0.3 is 0 Å². The van der Waals surface area contributed by atoms with E-state index in [0.29, 0.717) is 18.0 Å². The summed E-state index contributed by atoms with van der Waals surface area (Å²) in [5.74, 6) is 0.0580. The molecule has 3 heteroatoms. The van der Waals surface area contributed by atoms with Crippen LogP contribution in [0.3, 0.4) is 0 Å². The second kappa shape index (κ2) is 5.48. The van der Waals surface area contributed by atoms with E-state index in [1.165, 1.54) is 19.3 Å². The van der Waals surface area contributed by atoms with Crippen LogP contribution in [0.2, 0.25) is 0 Å². The normalized spacial score (nSPS) is 25.1. The lowest BCUT2D eigenvalue weighted by Gasteiger charge is -2.30. The monoisotopic (exact) mass is 224 g/mol. The molecule has 1 aliphatic rings. The van der Waals surface area contributed by atoms with Crippen LogP contribution in [0.25, 0.3) is 0 Å². The second-order valence-corrected chi connectivity index (χ2v) is 5.36. The molecule has 0 aromatic heterocycles. The number of rotatable bonds is 5. The van der Waals surface area contributed by atoms with Crippen LogP contribution < -0.4 is 10.6 Å². The van der Waals surface area contributed by atoms with E-state index in [1.54, 1.807) is 6.08 Å². The molecule has 0 aromatic carbocycles. The first-order chi connectivity index (χ1) is 7.47. The predicted octanol–water partition coefficient (Wildman–Crippen LogP) is 1.85. The fourth-order valence-corrected chi connectivity index (χ4v) is 2.34. The highest BCUT2D eigenvalue weighted by Gasteiger charge is 2.35. The first-order valence-electron chi connectivity index (χ1n) is 6.12. The molecule has 1 saturated carbocycles. The third-order valence-electron chi connectivity index (χ3n) is 3.52. The van der Waals surface area contributed by atoms with Crippen LogP contribution in [0.5, 0.6) is 0 Å². The smallest absolute Gasteiger partial charge is 0.237 e. The van der Waals surface area contributed by atoms with Crippen molar-refractivity contribution in [1.29, 1.82) is 0 Å². The Morgan fingerprint density at radius 1 is 1.62 bits per heavy atom. The van der Waals surface area contributed by atoms with E-state index in [9.17, 15) is 4.79 Å². The molecule has 16 heavy (non-hydrogen) atoms. The minimum Gasteiger partial charge on any atom is -0.351 e. The Bertz CT molecular complexity index is 261. The molecule has 0 aromatic rings. The van der Waals surface area contributed by atoms with Crippen molar-refractivity contribution in [3.63, 3.8) is 0 Å². The molecule has 0 radical (unpaired) electrons. The molecule has 1 fully saturated rings. The van der Waals surface area contributed by atoms with Gasteiger partial charge < -0.3 is 10.6 Å². The molecule has 0 spiro atoms. The maximum Gasteiger partial charge on any atom is 0.237 e. The van der Waals surface area contributed by atoms with E-state index in [4.69, 9.17) is 0 Å². The van der Waals surface area contributed by atoms with Crippen molar-refractivity contribution in [2.75, 3.05) is 6.54 Å². The van der Waals surface area contributed by atoms with Crippen molar-refractivity contribution in [3.05, 3.63) is 12.7 Å². The lowest BCUT2D eigenvalue weighted by atomic mass is 9.87. The van der Waals surface area contributed by atoms with Crippen LogP contribution >= 0.6 is 0 Å². The molecule has 2 N–H and O–H groups in total. The van der Waals surface area contributed by atoms with Crippen molar-refractivity contribution < 1.29 is 4.79 Å². The van der Waals surface area contributed by atoms with Crippen molar-refractivity contribution in [1.82, 2.24) is 10.6 Å². The number of carbonyl (C=O) groups excluding carboxylic acids is 1. The third-order valence-corrected chi connectivity index (χ3v) is 3.52. The van der Waals surface area contributed by atoms with Gasteiger partial charge in [-0.1, -0.05) is 26.3 Å². The molecule has 92 valence electrons. The van der Waals surface area contributed by atoms with E-state index in [2.05, 4.69) is 31.1 Å². The summed E-state index contributed by atoms with van der Waals surface area (Å²) in [5, 5.41) is 6.25. The van der Waals surface area contributed by atoms with Crippen molar-refractivity contribution in [2.45, 2.75) is 52.1 Å². The molecular formula is C13H24N2O. The highest BCUT2D eigenvalue weighted by Crippen LogP contribution is 2.37. The number of hydrogen-bond donors (Lipinski definition) is 2. The zero-order valence-corrected chi connectivity index (χ0v) is 10.7. The largest absolute Gasteiger partial charge is 0.351 e. The van der Waals surface area contributed by atoms with Crippen molar-refractivity contribution >= 4 is 5.91 Å². The summed E-state index contributed by atoms with van der Waals surface area (Å²) < 4.78 is 0. The Morgan fingerprint density at radius 2 is 2.31 bits per heavy atom. The maximum absolute atomic E-state index is 11.7. The van der Waals surface area contributed by atoms with Crippen molar-refractivity contribution in [3.8, 4) is 0 Å². The van der Waals surface area contributed by atoms with E-state index in [0.717, 1.165) is 0 Å². The van der Waals surface area contributed by atoms with Gasteiger partial charge in [-0.3, -0.25) is 4.79 Å². The van der Waals surface area contributed by atoms with E-state index < -0.39 is 0 Å². The predicted molar refractivity (Wildman–Crippen MR) is 67.2 cm³/mol. The van der Waals surface area contributed by atoms with Gasteiger partial charge in [0.05, 0.1) is 6.04 Å². The lowest BCUT2D eigenvalue weighted by Crippen LogP contribution is -2.49. The van der Waals surface area contributed by atoms with Gasteiger partial charge in [-0.25, -0.2) is 0 Å². The molecule has 2 unspecified atom stereocenters. The number of amides is 1. The third kappa shape index (κ3) is 3.34. The first kappa shape index (κ1) is 13.2. The molecule has 1 rings (SSSR count). The Hall–Kier alpha value is -0.830. The molecule has 0 saturated heterocycles. The summed E-state index contributed by atoms with van der Waals surface area (Å²) in [6, 6.07) is 0.333. The van der Waals surface area contributed by atoms with E-state index in [1.807, 2.05) is 6.92 Å². The average Bonchev–Trinajstić information content (AvgIpc) is 2.54. The summed E-state index contributed by atoms with van der Waals surface area (Å²) in [6.07, 6.45) is 5.37. The molecule has 2 atom stereocenters. The van der Waals surface area contributed by atoms with Gasteiger partial charge in [-0.15, -0.1) is 6.58 Å². The van der Waals surface area contributed by atoms with Crippen LogP contribution in [0.15, 0.2) is 12.7 Å². The molecule has 0 aliphatic heterocycles. The zero-order chi connectivity index (χ0) is 12.2. The van der Waals surface area contributed by atoms with Gasteiger partial charge in [-0.2, -0.15) is 0 Å². The Labute approximate surface area is 98.7 Å². The number of hydrogen-bond acceptors (Lipinski definition) is 2. The summed E-state index contributed by atoms with van der Waals surface area (Å²) in [6.45, 7) is 10.6. The number of nitrogens with one attached hydrogen (secondary N) is 2. The Morgan fingerprint density at radius 3 is 2.81 bits per heavy atom. The topological polar surface area (TPSA) is 41.1 Å². The van der Waals surface area contributed by atoms with Crippen molar-refractivity contribution in [2.24, 2.45) is 5.41 Å². The second-order valence-electron chi connectivity index (χ2n) is 5.36. The van der Waals surface area contributed by atoms with E-state index in [-0.39, 0.29) is 11.9 Å². The van der Waals surface area contributed by atoms with Crippen LogP contribution in [0.1, 0.15) is 40.0 Å². The summed E-state index contributed by atoms with van der Waals surface area (Å²) in [7, 11) is 0. The highest BCUT2D eigenvalue weighted by atomic mass is 16.2. The maximum atomic E-state index is 11.7. The van der Waals surface area contributed by atoms with Crippen LogP contribution in [0, 0.1) is 5.41 Å². The van der Waals surface area contributed by atoms with Crippen LogP contribution in [0.4, 0.5) is 0 Å². The SMILES string of the molecule is C=CCNC(=O)C(C)NC1CCCC1(C)C. The lowest BCUT2D eigenvalue weighted by molar-refractivity contribution is -0.122. The fourth-order valence-electron chi connectivity index (χ4n) is 2.34. The molecule has 0 heterocycles. The van der Waals surface area contributed by atoms with Crippen LogP contribution in [-0.4, -0.2) is 24.5 Å². The van der Waals surface area contributed by atoms with Gasteiger partial charge in [0.25, 0.3) is 0 Å². The van der Waals surface area contributed by atoms with Gasteiger partial charge in [0.2, 0.25) is 5.91 Å². The average molecular weight is 224 g/mol. The highest BCUT2D eigenvalue weighted by molar-refractivity contribution is 5.81. The quantitative estimate of drug-likeness (QED) is 0.700. The standard InChI is InChI=1S/C13H24N2O/c1-5-9-14-12(16)10(2)15-11-7-6-8-13(11,3)4/h5,10-11,15H,1,6-9H2,2-4H3,(H,14,16). The zero-order valence-electron chi connectivity index (χ0n) is 10.7. The molecule has 3 nitrogen and oxygen atoms in total. The van der Waals surface area contributed by atoms with Crippen LogP contribution in [-0.2, 0) is 4.79 Å². The van der Waals surface area contributed by atoms with Gasteiger partial charge in [0, 0.05) is 12.6 Å². The first-order valence-corrected chi connectivity index (χ1v) is 6.12. The Kier molecular flexibility index (Phi) is 4.54.